The van der Waals surface area contributed by atoms with Gasteiger partial charge in [0.25, 0.3) is 5.91 Å². The van der Waals surface area contributed by atoms with Crippen molar-refractivity contribution in [1.82, 2.24) is 10.2 Å². The van der Waals surface area contributed by atoms with Crippen molar-refractivity contribution >= 4 is 17.6 Å². The molecule has 0 unspecified atom stereocenters. The number of amides is 2. The second kappa shape index (κ2) is 8.80. The maximum Gasteiger partial charge on any atom is 0.252 e. The van der Waals surface area contributed by atoms with Gasteiger partial charge < -0.3 is 11.1 Å². The van der Waals surface area contributed by atoms with Gasteiger partial charge in [-0.25, -0.2) is 0 Å². The first-order valence-corrected chi connectivity index (χ1v) is 9.46. The molecule has 146 valence electrons. The van der Waals surface area contributed by atoms with Crippen LogP contribution in [0.3, 0.4) is 0 Å². The van der Waals surface area contributed by atoms with Crippen LogP contribution in [0.1, 0.15) is 44.7 Å². The number of aryl methyl sites for hydroxylation is 1. The van der Waals surface area contributed by atoms with Crippen LogP contribution in [-0.4, -0.2) is 48.2 Å². The molecule has 6 heteroatoms. The van der Waals surface area contributed by atoms with E-state index in [0.717, 1.165) is 18.4 Å². The van der Waals surface area contributed by atoms with E-state index in [-0.39, 0.29) is 30.2 Å². The highest BCUT2D eigenvalue weighted by molar-refractivity contribution is 6.15. The van der Waals surface area contributed by atoms with Gasteiger partial charge >= 0.3 is 0 Å². The van der Waals surface area contributed by atoms with Gasteiger partial charge in [-0.2, -0.15) is 0 Å². The minimum atomic E-state index is -0.342. The van der Waals surface area contributed by atoms with E-state index in [1.807, 2.05) is 24.0 Å². The molecule has 0 spiro atoms. The first-order chi connectivity index (χ1) is 13.4. The van der Waals surface area contributed by atoms with Crippen molar-refractivity contribution in [3.63, 3.8) is 0 Å². The summed E-state index contributed by atoms with van der Waals surface area (Å²) in [5.41, 5.74) is 7.65. The molecule has 2 amide bonds. The molecule has 3 rings (SSSR count). The normalized spacial score (nSPS) is 15.2. The van der Waals surface area contributed by atoms with Crippen LogP contribution >= 0.6 is 0 Å². The van der Waals surface area contributed by atoms with Gasteiger partial charge in [0.05, 0.1) is 12.1 Å². The number of rotatable bonds is 6. The molecule has 2 aromatic rings. The number of hydrogen-bond donors (Lipinski definition) is 2. The van der Waals surface area contributed by atoms with Gasteiger partial charge in [0.2, 0.25) is 5.91 Å². The van der Waals surface area contributed by atoms with E-state index < -0.39 is 0 Å². The highest BCUT2D eigenvalue weighted by Crippen LogP contribution is 2.17. The van der Waals surface area contributed by atoms with Gasteiger partial charge in [-0.15, -0.1) is 0 Å². The number of hydrogen-bond acceptors (Lipinski definition) is 4. The molecule has 0 bridgehead atoms. The summed E-state index contributed by atoms with van der Waals surface area (Å²) in [7, 11) is 0. The van der Waals surface area contributed by atoms with E-state index in [0.29, 0.717) is 29.8 Å². The maximum atomic E-state index is 12.9. The van der Waals surface area contributed by atoms with Gasteiger partial charge in [-0.05, 0) is 25.8 Å². The fourth-order valence-electron chi connectivity index (χ4n) is 3.46. The lowest BCUT2D eigenvalue weighted by Gasteiger charge is -2.31. The summed E-state index contributed by atoms with van der Waals surface area (Å²) in [6.45, 7) is 3.62. The van der Waals surface area contributed by atoms with Gasteiger partial charge in [0.15, 0.2) is 5.78 Å². The molecule has 2 aromatic carbocycles. The third kappa shape index (κ3) is 4.84. The smallest absolute Gasteiger partial charge is 0.252 e. The maximum absolute atomic E-state index is 12.9. The minimum absolute atomic E-state index is 0.0131. The standard InChI is InChI=1S/C22H25N3O3/c1-15-6-8-16(9-7-15)21(27)18-4-2-3-5-19(18)22(28)24-17-10-12-25(13-11-17)14-20(23)26/h2-9,17H,10-14H2,1H3,(H2,23,26)(H,24,28). The van der Waals surface area contributed by atoms with Gasteiger partial charge in [0.1, 0.15) is 0 Å². The Morgan fingerprint density at radius 3 is 2.21 bits per heavy atom. The molecule has 1 saturated heterocycles. The van der Waals surface area contributed by atoms with Crippen LogP contribution in [-0.2, 0) is 4.79 Å². The largest absolute Gasteiger partial charge is 0.369 e. The Bertz CT molecular complexity index is 869. The number of carbonyl (C=O) groups excluding carboxylic acids is 3. The zero-order valence-corrected chi connectivity index (χ0v) is 16.0. The van der Waals surface area contributed by atoms with Crippen LogP contribution in [0, 0.1) is 6.92 Å². The summed E-state index contributed by atoms with van der Waals surface area (Å²) < 4.78 is 0. The lowest BCUT2D eigenvalue weighted by Crippen LogP contribution is -2.46. The lowest BCUT2D eigenvalue weighted by molar-refractivity contribution is -0.119. The molecule has 0 saturated carbocycles. The summed E-state index contributed by atoms with van der Waals surface area (Å²) >= 11 is 0. The summed E-state index contributed by atoms with van der Waals surface area (Å²) in [5, 5.41) is 3.03. The Hall–Kier alpha value is -2.99. The zero-order chi connectivity index (χ0) is 20.1. The van der Waals surface area contributed by atoms with Crippen molar-refractivity contribution in [3.8, 4) is 0 Å². The van der Waals surface area contributed by atoms with E-state index in [1.165, 1.54) is 0 Å². The highest BCUT2D eigenvalue weighted by atomic mass is 16.2. The van der Waals surface area contributed by atoms with E-state index in [1.54, 1.807) is 36.4 Å². The first-order valence-electron chi connectivity index (χ1n) is 9.46. The fraction of sp³-hybridized carbons (Fsp3) is 0.318. The molecule has 1 aliphatic rings. The quantitative estimate of drug-likeness (QED) is 0.750. The number of likely N-dealkylation sites (tertiary alicyclic amines) is 1. The van der Waals surface area contributed by atoms with Gasteiger partial charge in [0, 0.05) is 30.3 Å². The first kappa shape index (κ1) is 19.8. The van der Waals surface area contributed by atoms with Crippen molar-refractivity contribution in [1.29, 1.82) is 0 Å². The molecule has 0 radical (unpaired) electrons. The van der Waals surface area contributed by atoms with Crippen molar-refractivity contribution in [2.45, 2.75) is 25.8 Å². The van der Waals surface area contributed by atoms with Crippen LogP contribution in [0.2, 0.25) is 0 Å². The van der Waals surface area contributed by atoms with Gasteiger partial charge in [-0.3, -0.25) is 19.3 Å². The molecule has 1 heterocycles. The van der Waals surface area contributed by atoms with Crippen LogP contribution in [0.5, 0.6) is 0 Å². The molecule has 0 aliphatic carbocycles. The molecule has 0 aromatic heterocycles. The number of benzene rings is 2. The number of ketones is 1. The average molecular weight is 379 g/mol. The SMILES string of the molecule is Cc1ccc(C(=O)c2ccccc2C(=O)NC2CCN(CC(N)=O)CC2)cc1. The second-order valence-electron chi connectivity index (χ2n) is 7.23. The Labute approximate surface area is 164 Å². The molecule has 0 atom stereocenters. The molecular formula is C22H25N3O3. The predicted molar refractivity (Wildman–Crippen MR) is 107 cm³/mol. The topological polar surface area (TPSA) is 92.5 Å². The summed E-state index contributed by atoms with van der Waals surface area (Å²) in [6.07, 6.45) is 1.49. The number of primary amides is 1. The Kier molecular flexibility index (Phi) is 6.21. The Morgan fingerprint density at radius 1 is 1.00 bits per heavy atom. The highest BCUT2D eigenvalue weighted by Gasteiger charge is 2.24. The lowest BCUT2D eigenvalue weighted by atomic mass is 9.96. The number of piperidine rings is 1. The van der Waals surface area contributed by atoms with Crippen molar-refractivity contribution < 1.29 is 14.4 Å². The van der Waals surface area contributed by atoms with Crippen molar-refractivity contribution in [3.05, 3.63) is 70.8 Å². The van der Waals surface area contributed by atoms with E-state index in [9.17, 15) is 14.4 Å². The van der Waals surface area contributed by atoms with Crippen molar-refractivity contribution in [2.75, 3.05) is 19.6 Å². The van der Waals surface area contributed by atoms with Crippen molar-refractivity contribution in [2.24, 2.45) is 5.73 Å². The van der Waals surface area contributed by atoms with E-state index in [4.69, 9.17) is 5.73 Å². The molecule has 1 aliphatic heterocycles. The summed E-state index contributed by atoms with van der Waals surface area (Å²) in [4.78, 5) is 38.7. The molecule has 28 heavy (non-hydrogen) atoms. The summed E-state index contributed by atoms with van der Waals surface area (Å²) in [5.74, 6) is -0.752. The van der Waals surface area contributed by atoms with Crippen LogP contribution < -0.4 is 11.1 Å². The number of nitrogens with zero attached hydrogens (tertiary/aromatic N) is 1. The second-order valence-corrected chi connectivity index (χ2v) is 7.23. The predicted octanol–water partition coefficient (Wildman–Crippen LogP) is 1.91. The molecule has 3 N–H and O–H groups in total. The van der Waals surface area contributed by atoms with Crippen LogP contribution in [0.25, 0.3) is 0 Å². The Morgan fingerprint density at radius 2 is 1.61 bits per heavy atom. The van der Waals surface area contributed by atoms with E-state index >= 15 is 0 Å². The molecular weight excluding hydrogens is 354 g/mol. The number of carbonyl (C=O) groups is 3. The third-order valence-corrected chi connectivity index (χ3v) is 5.03. The van der Waals surface area contributed by atoms with E-state index in [2.05, 4.69) is 5.32 Å². The third-order valence-electron chi connectivity index (χ3n) is 5.03. The molecule has 1 fully saturated rings. The number of nitrogens with one attached hydrogen (secondary N) is 1. The number of nitrogens with two attached hydrogens (primary N) is 1. The average Bonchev–Trinajstić information content (AvgIpc) is 2.69. The summed E-state index contributed by atoms with van der Waals surface area (Å²) in [6, 6.07) is 14.2. The zero-order valence-electron chi connectivity index (χ0n) is 16.0. The van der Waals surface area contributed by atoms with Gasteiger partial charge in [-0.1, -0.05) is 48.0 Å². The minimum Gasteiger partial charge on any atom is -0.369 e. The fourth-order valence-corrected chi connectivity index (χ4v) is 3.46. The monoisotopic (exact) mass is 379 g/mol. The molecule has 6 nitrogen and oxygen atoms in total. The van der Waals surface area contributed by atoms with Crippen LogP contribution in [0.4, 0.5) is 0 Å². The Balaban J connectivity index is 1.69. The van der Waals surface area contributed by atoms with Crippen LogP contribution in [0.15, 0.2) is 48.5 Å².